The maximum Gasteiger partial charge on any atom is 0.0509 e. The largest absolute Gasteiger partial charge is 0.399 e. The van der Waals surface area contributed by atoms with Crippen LogP contribution >= 0.6 is 22.6 Å². The van der Waals surface area contributed by atoms with Gasteiger partial charge in [0.05, 0.1) is 5.69 Å². The molecular formula is C14H13IN2. The standard InChI is InChI=1S/C14H13IN2/c15-13-7-12(16)5-6-14(13)17-8-10-3-1-2-4-11(10)9-17/h1-7H,8-9,16H2. The van der Waals surface area contributed by atoms with Gasteiger partial charge < -0.3 is 10.6 Å². The highest BCUT2D eigenvalue weighted by atomic mass is 127. The van der Waals surface area contributed by atoms with Gasteiger partial charge in [0.15, 0.2) is 0 Å². The number of hydrogen-bond donors (Lipinski definition) is 1. The van der Waals surface area contributed by atoms with E-state index in [0.717, 1.165) is 18.8 Å². The molecule has 2 nitrogen and oxygen atoms in total. The molecule has 1 aliphatic heterocycles. The topological polar surface area (TPSA) is 29.3 Å². The molecule has 2 N–H and O–H groups in total. The number of benzene rings is 2. The molecule has 1 heterocycles. The van der Waals surface area contributed by atoms with Gasteiger partial charge in [-0.2, -0.15) is 0 Å². The molecule has 3 rings (SSSR count). The molecule has 0 bridgehead atoms. The SMILES string of the molecule is Nc1ccc(N2Cc3ccccc3C2)c(I)c1. The summed E-state index contributed by atoms with van der Waals surface area (Å²) in [6.45, 7) is 1.99. The average molecular weight is 336 g/mol. The smallest absolute Gasteiger partial charge is 0.0509 e. The van der Waals surface area contributed by atoms with Gasteiger partial charge in [-0.25, -0.2) is 0 Å². The van der Waals surface area contributed by atoms with Gasteiger partial charge in [-0.1, -0.05) is 24.3 Å². The Balaban J connectivity index is 1.94. The lowest BCUT2D eigenvalue weighted by atomic mass is 10.1. The molecule has 0 aromatic heterocycles. The Hall–Kier alpha value is -1.23. The van der Waals surface area contributed by atoms with Gasteiger partial charge in [0.2, 0.25) is 0 Å². The Morgan fingerprint density at radius 3 is 2.24 bits per heavy atom. The fourth-order valence-electron chi connectivity index (χ4n) is 2.28. The van der Waals surface area contributed by atoms with E-state index in [0.29, 0.717) is 0 Å². The quantitative estimate of drug-likeness (QED) is 0.639. The van der Waals surface area contributed by atoms with Crippen molar-refractivity contribution < 1.29 is 0 Å². The molecule has 0 spiro atoms. The van der Waals surface area contributed by atoms with Crippen LogP contribution in [0, 0.1) is 3.57 Å². The average Bonchev–Trinajstić information content (AvgIpc) is 2.72. The molecule has 0 radical (unpaired) electrons. The molecule has 0 fully saturated rings. The van der Waals surface area contributed by atoms with E-state index < -0.39 is 0 Å². The van der Waals surface area contributed by atoms with Crippen LogP contribution in [0.2, 0.25) is 0 Å². The zero-order valence-electron chi connectivity index (χ0n) is 9.36. The molecule has 86 valence electrons. The van der Waals surface area contributed by atoms with Crippen molar-refractivity contribution in [2.45, 2.75) is 13.1 Å². The summed E-state index contributed by atoms with van der Waals surface area (Å²) in [5.41, 5.74) is 10.8. The highest BCUT2D eigenvalue weighted by molar-refractivity contribution is 14.1. The number of anilines is 2. The molecule has 0 aliphatic carbocycles. The zero-order valence-corrected chi connectivity index (χ0v) is 11.5. The van der Waals surface area contributed by atoms with Crippen molar-refractivity contribution in [3.8, 4) is 0 Å². The molecule has 0 saturated heterocycles. The number of nitrogens with two attached hydrogens (primary N) is 1. The van der Waals surface area contributed by atoms with Crippen LogP contribution in [0.25, 0.3) is 0 Å². The van der Waals surface area contributed by atoms with E-state index in [2.05, 4.69) is 57.8 Å². The number of nitrogen functional groups attached to an aromatic ring is 1. The fourth-order valence-corrected chi connectivity index (χ4v) is 3.16. The van der Waals surface area contributed by atoms with E-state index in [1.807, 2.05) is 12.1 Å². The number of hydrogen-bond acceptors (Lipinski definition) is 2. The van der Waals surface area contributed by atoms with E-state index in [9.17, 15) is 0 Å². The minimum absolute atomic E-state index is 0.829. The van der Waals surface area contributed by atoms with Gasteiger partial charge in [-0.05, 0) is 51.9 Å². The molecule has 0 unspecified atom stereocenters. The van der Waals surface area contributed by atoms with Crippen LogP contribution in [0.5, 0.6) is 0 Å². The summed E-state index contributed by atoms with van der Waals surface area (Å²) < 4.78 is 1.22. The first-order valence-corrected chi connectivity index (χ1v) is 6.68. The Morgan fingerprint density at radius 1 is 1.00 bits per heavy atom. The summed E-state index contributed by atoms with van der Waals surface area (Å²) in [5, 5.41) is 0. The van der Waals surface area contributed by atoms with E-state index in [4.69, 9.17) is 5.73 Å². The van der Waals surface area contributed by atoms with Gasteiger partial charge in [0.1, 0.15) is 0 Å². The molecule has 0 saturated carbocycles. The summed E-state index contributed by atoms with van der Waals surface area (Å²) >= 11 is 2.35. The second-order valence-electron chi connectivity index (χ2n) is 4.34. The van der Waals surface area contributed by atoms with Gasteiger partial charge in [-0.3, -0.25) is 0 Å². The van der Waals surface area contributed by atoms with Crippen molar-refractivity contribution in [1.29, 1.82) is 0 Å². The highest BCUT2D eigenvalue weighted by Crippen LogP contribution is 2.32. The van der Waals surface area contributed by atoms with Crippen LogP contribution in [0.3, 0.4) is 0 Å². The van der Waals surface area contributed by atoms with Gasteiger partial charge in [0, 0.05) is 22.3 Å². The highest BCUT2D eigenvalue weighted by Gasteiger charge is 2.19. The third-order valence-electron chi connectivity index (χ3n) is 3.15. The van der Waals surface area contributed by atoms with Crippen LogP contribution in [0.1, 0.15) is 11.1 Å². The van der Waals surface area contributed by atoms with Gasteiger partial charge in [-0.15, -0.1) is 0 Å². The van der Waals surface area contributed by atoms with Crippen LogP contribution in [0.4, 0.5) is 11.4 Å². The lowest BCUT2D eigenvalue weighted by molar-refractivity contribution is 0.877. The normalized spacial score (nSPS) is 13.8. The van der Waals surface area contributed by atoms with E-state index in [1.54, 1.807) is 0 Å². The monoisotopic (exact) mass is 336 g/mol. The van der Waals surface area contributed by atoms with Crippen molar-refractivity contribution >= 4 is 34.0 Å². The van der Waals surface area contributed by atoms with E-state index in [1.165, 1.54) is 20.4 Å². The summed E-state index contributed by atoms with van der Waals surface area (Å²) in [5.74, 6) is 0. The third-order valence-corrected chi connectivity index (χ3v) is 4.02. The Labute approximate surface area is 115 Å². The minimum Gasteiger partial charge on any atom is -0.399 e. The predicted molar refractivity (Wildman–Crippen MR) is 79.9 cm³/mol. The zero-order chi connectivity index (χ0) is 11.8. The Morgan fingerprint density at radius 2 is 1.65 bits per heavy atom. The second kappa shape index (κ2) is 4.22. The van der Waals surface area contributed by atoms with Crippen molar-refractivity contribution in [3.05, 3.63) is 57.2 Å². The minimum atomic E-state index is 0.829. The molecule has 2 aromatic rings. The summed E-state index contributed by atoms with van der Waals surface area (Å²) in [6.07, 6.45) is 0. The molecule has 17 heavy (non-hydrogen) atoms. The first-order valence-electron chi connectivity index (χ1n) is 5.61. The number of halogens is 1. The summed E-state index contributed by atoms with van der Waals surface area (Å²) in [4.78, 5) is 2.39. The van der Waals surface area contributed by atoms with Crippen LogP contribution < -0.4 is 10.6 Å². The first-order chi connectivity index (χ1) is 8.24. The Bertz CT molecular complexity index is 541. The Kier molecular flexibility index (Phi) is 2.70. The maximum atomic E-state index is 5.79. The molecule has 2 aromatic carbocycles. The lowest BCUT2D eigenvalue weighted by Gasteiger charge is -2.19. The predicted octanol–water partition coefficient (Wildman–Crippen LogP) is 3.39. The lowest BCUT2D eigenvalue weighted by Crippen LogP contribution is -2.15. The van der Waals surface area contributed by atoms with Crippen molar-refractivity contribution in [2.24, 2.45) is 0 Å². The fraction of sp³-hybridized carbons (Fsp3) is 0.143. The van der Waals surface area contributed by atoms with Crippen molar-refractivity contribution in [2.75, 3.05) is 10.6 Å². The number of rotatable bonds is 1. The molecule has 3 heteroatoms. The van der Waals surface area contributed by atoms with Crippen LogP contribution in [0.15, 0.2) is 42.5 Å². The third kappa shape index (κ3) is 1.99. The van der Waals surface area contributed by atoms with E-state index in [-0.39, 0.29) is 0 Å². The van der Waals surface area contributed by atoms with Gasteiger partial charge >= 0.3 is 0 Å². The maximum absolute atomic E-state index is 5.79. The van der Waals surface area contributed by atoms with Gasteiger partial charge in [0.25, 0.3) is 0 Å². The van der Waals surface area contributed by atoms with Crippen molar-refractivity contribution in [3.63, 3.8) is 0 Å². The summed E-state index contributed by atoms with van der Waals surface area (Å²) in [6, 6.07) is 14.7. The molecule has 1 aliphatic rings. The van der Waals surface area contributed by atoms with Crippen LogP contribution in [-0.4, -0.2) is 0 Å². The second-order valence-corrected chi connectivity index (χ2v) is 5.50. The first kappa shape index (κ1) is 10.9. The van der Waals surface area contributed by atoms with Crippen molar-refractivity contribution in [1.82, 2.24) is 0 Å². The van der Waals surface area contributed by atoms with E-state index >= 15 is 0 Å². The van der Waals surface area contributed by atoms with Crippen LogP contribution in [-0.2, 0) is 13.1 Å². The molecular weight excluding hydrogens is 323 g/mol. The number of fused-ring (bicyclic) bond motifs is 1. The number of nitrogens with zero attached hydrogens (tertiary/aromatic N) is 1. The molecule has 0 amide bonds. The molecule has 0 atom stereocenters. The summed E-state index contributed by atoms with van der Waals surface area (Å²) in [7, 11) is 0.